The SMILES string of the molecule is COC(=O)C1=C(C(=O)OC)[Se]C(C)S1. The number of hydrogen-bond acceptors (Lipinski definition) is 5. The molecule has 1 heterocycles. The van der Waals surface area contributed by atoms with Crippen LogP contribution in [0.25, 0.3) is 0 Å². The van der Waals surface area contributed by atoms with E-state index in [1.807, 2.05) is 6.92 Å². The van der Waals surface area contributed by atoms with Gasteiger partial charge in [-0.05, 0) is 0 Å². The van der Waals surface area contributed by atoms with Gasteiger partial charge in [-0.3, -0.25) is 0 Å². The number of carbonyl (C=O) groups is 2. The summed E-state index contributed by atoms with van der Waals surface area (Å²) in [6, 6.07) is 0. The van der Waals surface area contributed by atoms with Crippen LogP contribution in [0.5, 0.6) is 0 Å². The van der Waals surface area contributed by atoms with Crippen molar-refractivity contribution in [2.75, 3.05) is 14.2 Å². The summed E-state index contributed by atoms with van der Waals surface area (Å²) in [5.41, 5.74) is 0. The molecule has 1 aliphatic heterocycles. The number of methoxy groups -OCH3 is 2. The molecule has 78 valence electrons. The summed E-state index contributed by atoms with van der Waals surface area (Å²) in [6.07, 6.45) is 0. The van der Waals surface area contributed by atoms with Gasteiger partial charge in [0.2, 0.25) is 0 Å². The third kappa shape index (κ3) is 2.32. The van der Waals surface area contributed by atoms with Crippen molar-refractivity contribution in [1.29, 1.82) is 0 Å². The molecule has 14 heavy (non-hydrogen) atoms. The molecule has 4 nitrogen and oxygen atoms in total. The molecule has 0 bridgehead atoms. The minimum atomic E-state index is -0.443. The van der Waals surface area contributed by atoms with Crippen LogP contribution in [0.2, 0.25) is 0 Å². The molecule has 0 aromatic heterocycles. The average molecular weight is 281 g/mol. The molecule has 0 fully saturated rings. The molecule has 1 atom stereocenters. The van der Waals surface area contributed by atoms with Crippen LogP contribution < -0.4 is 0 Å². The quantitative estimate of drug-likeness (QED) is 0.540. The molecule has 0 spiro atoms. The van der Waals surface area contributed by atoms with E-state index in [0.29, 0.717) is 9.38 Å². The summed E-state index contributed by atoms with van der Waals surface area (Å²) in [5.74, 6) is -0.858. The van der Waals surface area contributed by atoms with E-state index in [0.717, 1.165) is 0 Å². The number of thioether (sulfide) groups is 1. The second kappa shape index (κ2) is 4.87. The zero-order valence-electron chi connectivity index (χ0n) is 8.03. The molecule has 1 unspecified atom stereocenters. The van der Waals surface area contributed by atoms with Crippen LogP contribution in [0.1, 0.15) is 6.92 Å². The van der Waals surface area contributed by atoms with Crippen molar-refractivity contribution in [2.45, 2.75) is 11.1 Å². The van der Waals surface area contributed by atoms with Crippen molar-refractivity contribution in [2.24, 2.45) is 0 Å². The van der Waals surface area contributed by atoms with Gasteiger partial charge in [0.15, 0.2) is 0 Å². The topological polar surface area (TPSA) is 52.6 Å². The van der Waals surface area contributed by atoms with Gasteiger partial charge in [0.1, 0.15) is 0 Å². The first-order valence-corrected chi connectivity index (χ1v) is 6.57. The molecule has 6 heteroatoms. The molecule has 1 rings (SSSR count). The Morgan fingerprint density at radius 1 is 1.29 bits per heavy atom. The number of carbonyl (C=O) groups excluding carboxylic acids is 2. The van der Waals surface area contributed by atoms with E-state index in [-0.39, 0.29) is 19.1 Å². The minimum absolute atomic E-state index is 0.0126. The van der Waals surface area contributed by atoms with E-state index >= 15 is 0 Å². The van der Waals surface area contributed by atoms with Gasteiger partial charge >= 0.3 is 92.4 Å². The first kappa shape index (κ1) is 11.6. The van der Waals surface area contributed by atoms with Gasteiger partial charge in [-0.2, -0.15) is 0 Å². The van der Waals surface area contributed by atoms with Crippen LogP contribution in [0.4, 0.5) is 0 Å². The summed E-state index contributed by atoms with van der Waals surface area (Å²) in [7, 11) is 2.62. The predicted molar refractivity (Wildman–Crippen MR) is 53.9 cm³/mol. The summed E-state index contributed by atoms with van der Waals surface area (Å²) in [6.45, 7) is 1.98. The summed E-state index contributed by atoms with van der Waals surface area (Å²) < 4.78 is 9.97. The molecular weight excluding hydrogens is 271 g/mol. The second-order valence-electron chi connectivity index (χ2n) is 2.44. The maximum absolute atomic E-state index is 11.3. The van der Waals surface area contributed by atoms with E-state index in [1.165, 1.54) is 26.0 Å². The van der Waals surface area contributed by atoms with E-state index in [4.69, 9.17) is 0 Å². The molecule has 0 aliphatic carbocycles. The monoisotopic (exact) mass is 282 g/mol. The van der Waals surface area contributed by atoms with Crippen LogP contribution in [0.3, 0.4) is 0 Å². The zero-order valence-corrected chi connectivity index (χ0v) is 10.6. The van der Waals surface area contributed by atoms with Gasteiger partial charge in [0.05, 0.1) is 0 Å². The van der Waals surface area contributed by atoms with Crippen molar-refractivity contribution in [3.63, 3.8) is 0 Å². The Bertz CT molecular complexity index is 272. The van der Waals surface area contributed by atoms with Gasteiger partial charge in [-0.1, -0.05) is 0 Å². The summed E-state index contributed by atoms with van der Waals surface area (Å²) >= 11 is 1.37. The van der Waals surface area contributed by atoms with Crippen LogP contribution in [0, 0.1) is 0 Å². The molecule has 1 aliphatic rings. The van der Waals surface area contributed by atoms with Crippen LogP contribution in [-0.2, 0) is 19.1 Å². The Balaban J connectivity index is 2.94. The fraction of sp³-hybridized carbons (Fsp3) is 0.500. The van der Waals surface area contributed by atoms with Crippen molar-refractivity contribution in [1.82, 2.24) is 0 Å². The van der Waals surface area contributed by atoms with E-state index in [9.17, 15) is 9.59 Å². The summed E-state index contributed by atoms with van der Waals surface area (Å²) in [5, 5.41) is 0. The number of esters is 2. The van der Waals surface area contributed by atoms with E-state index < -0.39 is 11.9 Å². The maximum atomic E-state index is 11.3. The van der Waals surface area contributed by atoms with Crippen molar-refractivity contribution in [3.05, 3.63) is 9.38 Å². The molecule has 0 radical (unpaired) electrons. The molecule has 0 amide bonds. The van der Waals surface area contributed by atoms with E-state index in [1.54, 1.807) is 0 Å². The number of hydrogen-bond donors (Lipinski definition) is 0. The Labute approximate surface area is 92.6 Å². The standard InChI is InChI=1S/C8H10O4SSe/c1-4-13-5(7(9)11-2)6(14-4)8(10)12-3/h4H,1-3H3. The Hall–Kier alpha value is -0.451. The van der Waals surface area contributed by atoms with Gasteiger partial charge < -0.3 is 0 Å². The number of ether oxygens (including phenoxy) is 2. The Kier molecular flexibility index (Phi) is 4.04. The predicted octanol–water partition coefficient (Wildman–Crippen LogP) is 0.341. The normalized spacial score (nSPS) is 20.9. The second-order valence-corrected chi connectivity index (χ2v) is 7.30. The zero-order chi connectivity index (χ0) is 10.7. The summed E-state index contributed by atoms with van der Waals surface area (Å²) in [4.78, 5) is 23.0. The van der Waals surface area contributed by atoms with E-state index in [2.05, 4.69) is 9.47 Å². The van der Waals surface area contributed by atoms with Gasteiger partial charge in [-0.25, -0.2) is 0 Å². The van der Waals surface area contributed by atoms with Crippen molar-refractivity contribution >= 4 is 38.7 Å². The van der Waals surface area contributed by atoms with Crippen LogP contribution >= 0.6 is 11.8 Å². The molecular formula is C8H10O4SSe. The molecule has 0 aromatic carbocycles. The average Bonchev–Trinajstić information content (AvgIpc) is 2.58. The van der Waals surface area contributed by atoms with Crippen molar-refractivity contribution in [3.8, 4) is 0 Å². The fourth-order valence-corrected chi connectivity index (χ4v) is 5.11. The Morgan fingerprint density at radius 2 is 1.86 bits per heavy atom. The third-order valence-corrected chi connectivity index (χ3v) is 5.82. The molecule has 0 aromatic rings. The molecule has 0 saturated carbocycles. The van der Waals surface area contributed by atoms with Gasteiger partial charge in [0, 0.05) is 0 Å². The molecule has 0 saturated heterocycles. The third-order valence-electron chi connectivity index (χ3n) is 1.52. The van der Waals surface area contributed by atoms with Crippen LogP contribution in [0.15, 0.2) is 9.38 Å². The van der Waals surface area contributed by atoms with Gasteiger partial charge in [-0.15, -0.1) is 0 Å². The van der Waals surface area contributed by atoms with Gasteiger partial charge in [0.25, 0.3) is 0 Å². The molecule has 0 N–H and O–H groups in total. The van der Waals surface area contributed by atoms with Crippen LogP contribution in [-0.4, -0.2) is 45.3 Å². The van der Waals surface area contributed by atoms with Crippen molar-refractivity contribution < 1.29 is 19.1 Å². The first-order valence-electron chi connectivity index (χ1n) is 3.84. The first-order chi connectivity index (χ1) is 6.60. The number of rotatable bonds is 2. The fourth-order valence-electron chi connectivity index (χ4n) is 0.930. The Morgan fingerprint density at radius 3 is 2.36 bits per heavy atom.